The number of hydrogen-bond donors (Lipinski definition) is 2. The molecule has 2 N–H and O–H groups in total. The summed E-state index contributed by atoms with van der Waals surface area (Å²) in [6, 6.07) is 9.34. The SMILES string of the molecule is CC1C=C(c2cccnc2)N=C(N2CCCC(F)(F)CC2)C1(F)C(=O)Nc1cccc(S(C)(=N)=O)c1. The molecule has 2 aliphatic rings. The number of carbonyl (C=O) groups is 1. The van der Waals surface area contributed by atoms with Crippen LogP contribution < -0.4 is 5.32 Å². The van der Waals surface area contributed by atoms with Crippen molar-refractivity contribution in [2.45, 2.75) is 42.7 Å². The molecule has 192 valence electrons. The van der Waals surface area contributed by atoms with E-state index in [-0.39, 0.29) is 42.3 Å². The highest BCUT2D eigenvalue weighted by molar-refractivity contribution is 7.91. The number of carbonyl (C=O) groups excluding carboxylic acids is 1. The smallest absolute Gasteiger partial charge is 0.270 e. The number of nitrogens with one attached hydrogen (secondary N) is 2. The van der Waals surface area contributed by atoms with E-state index < -0.39 is 39.6 Å². The molecule has 2 aliphatic heterocycles. The second kappa shape index (κ2) is 9.68. The number of nitrogens with zero attached hydrogens (tertiary/aromatic N) is 3. The van der Waals surface area contributed by atoms with Gasteiger partial charge in [-0.2, -0.15) is 0 Å². The molecule has 2 aromatic rings. The maximum atomic E-state index is 16.9. The monoisotopic (exact) mass is 519 g/mol. The molecule has 1 saturated heterocycles. The molecule has 36 heavy (non-hydrogen) atoms. The lowest BCUT2D eigenvalue weighted by Gasteiger charge is -2.39. The van der Waals surface area contributed by atoms with Crippen molar-refractivity contribution < 1.29 is 22.2 Å². The van der Waals surface area contributed by atoms with Gasteiger partial charge in [-0.25, -0.2) is 27.2 Å². The Bertz CT molecular complexity index is 1310. The lowest BCUT2D eigenvalue weighted by atomic mass is 9.84. The van der Waals surface area contributed by atoms with Gasteiger partial charge in [0.1, 0.15) is 0 Å². The molecule has 1 amide bonds. The summed E-state index contributed by atoms with van der Waals surface area (Å²) in [5.41, 5.74) is -1.46. The number of halogens is 3. The number of benzene rings is 1. The van der Waals surface area contributed by atoms with E-state index in [9.17, 15) is 17.8 Å². The minimum Gasteiger partial charge on any atom is -0.357 e. The number of hydrogen-bond acceptors (Lipinski definition) is 6. The Morgan fingerprint density at radius 2 is 1.97 bits per heavy atom. The van der Waals surface area contributed by atoms with Gasteiger partial charge < -0.3 is 10.2 Å². The zero-order chi connectivity index (χ0) is 26.1. The van der Waals surface area contributed by atoms with Gasteiger partial charge in [0.05, 0.1) is 15.4 Å². The number of pyridine rings is 1. The molecule has 0 aliphatic carbocycles. The number of rotatable bonds is 4. The topological polar surface area (TPSA) is 98.5 Å². The Kier molecular flexibility index (Phi) is 6.96. The van der Waals surface area contributed by atoms with Gasteiger partial charge in [0, 0.05) is 66.6 Å². The third-order valence-electron chi connectivity index (χ3n) is 6.43. The van der Waals surface area contributed by atoms with Crippen molar-refractivity contribution in [3.8, 4) is 0 Å². The van der Waals surface area contributed by atoms with Crippen LogP contribution in [-0.4, -0.2) is 56.8 Å². The fourth-order valence-electron chi connectivity index (χ4n) is 4.39. The maximum Gasteiger partial charge on any atom is 0.270 e. The zero-order valence-corrected chi connectivity index (χ0v) is 20.8. The Labute approximate surface area is 208 Å². The Hall–Kier alpha value is -3.21. The number of allylic oxidation sites excluding steroid dienone is 1. The molecule has 1 aromatic carbocycles. The average Bonchev–Trinajstić information content (AvgIpc) is 3.01. The van der Waals surface area contributed by atoms with Crippen LogP contribution in [0.4, 0.5) is 18.9 Å². The summed E-state index contributed by atoms with van der Waals surface area (Å²) >= 11 is 0. The van der Waals surface area contributed by atoms with Gasteiger partial charge in [-0.1, -0.05) is 19.1 Å². The first-order valence-electron chi connectivity index (χ1n) is 11.6. The van der Waals surface area contributed by atoms with E-state index >= 15 is 4.39 Å². The molecule has 3 atom stereocenters. The number of anilines is 1. The lowest BCUT2D eigenvalue weighted by Crippen LogP contribution is -2.58. The molecule has 3 unspecified atom stereocenters. The summed E-state index contributed by atoms with van der Waals surface area (Å²) in [6.45, 7) is 1.52. The predicted octanol–water partition coefficient (Wildman–Crippen LogP) is 4.97. The van der Waals surface area contributed by atoms with Crippen molar-refractivity contribution in [1.82, 2.24) is 9.88 Å². The predicted molar refractivity (Wildman–Crippen MR) is 133 cm³/mol. The summed E-state index contributed by atoms with van der Waals surface area (Å²) in [6.07, 6.45) is 5.27. The molecule has 0 bridgehead atoms. The quantitative estimate of drug-likeness (QED) is 0.596. The van der Waals surface area contributed by atoms with E-state index in [2.05, 4.69) is 15.3 Å². The van der Waals surface area contributed by atoms with Crippen LogP contribution >= 0.6 is 0 Å². The molecular formula is C25H28F3N5O2S. The number of amides is 1. The Balaban J connectivity index is 1.73. The van der Waals surface area contributed by atoms with Crippen LogP contribution in [0.25, 0.3) is 5.70 Å². The van der Waals surface area contributed by atoms with Gasteiger partial charge in [-0.05, 0) is 36.8 Å². The first-order valence-corrected chi connectivity index (χ1v) is 13.6. The van der Waals surface area contributed by atoms with Crippen LogP contribution in [-0.2, 0) is 14.5 Å². The number of likely N-dealkylation sites (tertiary alicyclic amines) is 1. The Morgan fingerprint density at radius 3 is 2.67 bits per heavy atom. The second-order valence-corrected chi connectivity index (χ2v) is 11.4. The normalized spacial score (nSPS) is 25.7. The highest BCUT2D eigenvalue weighted by Crippen LogP contribution is 2.38. The molecule has 1 fully saturated rings. The molecule has 1 aromatic heterocycles. The van der Waals surface area contributed by atoms with Crippen LogP contribution in [0.5, 0.6) is 0 Å². The van der Waals surface area contributed by atoms with E-state index in [0.29, 0.717) is 11.3 Å². The fraction of sp³-hybridized carbons (Fsp3) is 0.400. The van der Waals surface area contributed by atoms with Crippen molar-refractivity contribution in [2.75, 3.05) is 24.7 Å². The number of amidine groups is 1. The van der Waals surface area contributed by atoms with Crippen LogP contribution in [0.2, 0.25) is 0 Å². The van der Waals surface area contributed by atoms with E-state index in [1.165, 1.54) is 48.4 Å². The fourth-order valence-corrected chi connectivity index (χ4v) is 5.08. The zero-order valence-electron chi connectivity index (χ0n) is 20.0. The molecule has 0 saturated carbocycles. The highest BCUT2D eigenvalue weighted by Gasteiger charge is 2.53. The van der Waals surface area contributed by atoms with Crippen LogP contribution in [0, 0.1) is 10.7 Å². The van der Waals surface area contributed by atoms with Gasteiger partial charge in [0.15, 0.2) is 5.84 Å². The maximum absolute atomic E-state index is 16.9. The van der Waals surface area contributed by atoms with Crippen LogP contribution in [0.15, 0.2) is 64.8 Å². The van der Waals surface area contributed by atoms with Crippen LogP contribution in [0.1, 0.15) is 31.7 Å². The molecule has 0 radical (unpaired) electrons. The standard InChI is InChI=1S/C25H28F3N5O2S/c1-17-14-21(18-6-4-11-30-16-18)32-22(33-12-5-9-24(26,27)10-13-33)25(17,28)23(34)31-19-7-3-8-20(15-19)36(2,29)35/h3-4,6-8,11,14-17,29H,5,9-10,12-13H2,1-2H3,(H,31,34). The van der Waals surface area contributed by atoms with Crippen molar-refractivity contribution >= 4 is 32.9 Å². The van der Waals surface area contributed by atoms with Gasteiger partial charge in [0.25, 0.3) is 11.6 Å². The molecule has 0 spiro atoms. The number of aliphatic imine (C=N–C) groups is 1. The Morgan fingerprint density at radius 1 is 1.19 bits per heavy atom. The van der Waals surface area contributed by atoms with Crippen molar-refractivity contribution in [3.05, 3.63) is 60.4 Å². The van der Waals surface area contributed by atoms with Gasteiger partial charge in [-0.15, -0.1) is 0 Å². The molecule has 7 nitrogen and oxygen atoms in total. The third-order valence-corrected chi connectivity index (χ3v) is 7.59. The minimum atomic E-state index is -3.06. The largest absolute Gasteiger partial charge is 0.357 e. The first-order chi connectivity index (χ1) is 16.9. The van der Waals surface area contributed by atoms with Crippen molar-refractivity contribution in [2.24, 2.45) is 10.9 Å². The average molecular weight is 520 g/mol. The number of alkyl halides is 3. The summed E-state index contributed by atoms with van der Waals surface area (Å²) < 4.78 is 65.0. The molecular weight excluding hydrogens is 491 g/mol. The molecule has 3 heterocycles. The van der Waals surface area contributed by atoms with E-state index in [1.807, 2.05) is 0 Å². The van der Waals surface area contributed by atoms with Gasteiger partial charge >= 0.3 is 0 Å². The summed E-state index contributed by atoms with van der Waals surface area (Å²) in [7, 11) is -3.06. The van der Waals surface area contributed by atoms with Gasteiger partial charge in [-0.3, -0.25) is 9.78 Å². The highest BCUT2D eigenvalue weighted by atomic mass is 32.2. The van der Waals surface area contributed by atoms with E-state index in [4.69, 9.17) is 4.78 Å². The minimum absolute atomic E-state index is 0.125. The third kappa shape index (κ3) is 5.30. The summed E-state index contributed by atoms with van der Waals surface area (Å²) in [5, 5.41) is 2.53. The summed E-state index contributed by atoms with van der Waals surface area (Å²) in [5.74, 6) is -5.10. The van der Waals surface area contributed by atoms with Crippen LogP contribution in [0.3, 0.4) is 0 Å². The van der Waals surface area contributed by atoms with Crippen molar-refractivity contribution in [1.29, 1.82) is 4.78 Å². The van der Waals surface area contributed by atoms with E-state index in [1.54, 1.807) is 24.5 Å². The van der Waals surface area contributed by atoms with E-state index in [0.717, 1.165) is 0 Å². The first kappa shape index (κ1) is 25.9. The van der Waals surface area contributed by atoms with Crippen molar-refractivity contribution in [3.63, 3.8) is 0 Å². The second-order valence-electron chi connectivity index (χ2n) is 9.25. The lowest BCUT2D eigenvalue weighted by molar-refractivity contribution is -0.125. The van der Waals surface area contributed by atoms with Gasteiger partial charge in [0.2, 0.25) is 5.92 Å². The molecule has 4 rings (SSSR count). The number of aromatic nitrogens is 1. The molecule has 11 heteroatoms. The summed E-state index contributed by atoms with van der Waals surface area (Å²) in [4.78, 5) is 23.7.